The van der Waals surface area contributed by atoms with Gasteiger partial charge < -0.3 is 10.2 Å². The zero-order valence-corrected chi connectivity index (χ0v) is 12.2. The SMILES string of the molecule is CNC(CN1CCCCC1=O)c1cc(C)ccc1C. The van der Waals surface area contributed by atoms with E-state index in [1.54, 1.807) is 0 Å². The highest BCUT2D eigenvalue weighted by Gasteiger charge is 2.22. The highest BCUT2D eigenvalue weighted by Crippen LogP contribution is 2.22. The van der Waals surface area contributed by atoms with Crippen LogP contribution in [0.4, 0.5) is 0 Å². The Balaban J connectivity index is 2.15. The van der Waals surface area contributed by atoms with Crippen molar-refractivity contribution in [1.82, 2.24) is 10.2 Å². The molecule has 0 bridgehead atoms. The van der Waals surface area contributed by atoms with E-state index in [1.165, 1.54) is 16.7 Å². The average Bonchev–Trinajstić information content (AvgIpc) is 2.41. The smallest absolute Gasteiger partial charge is 0.222 e. The number of piperidine rings is 1. The van der Waals surface area contributed by atoms with Crippen molar-refractivity contribution in [3.8, 4) is 0 Å². The normalized spacial score (nSPS) is 17.6. The van der Waals surface area contributed by atoms with Gasteiger partial charge in [0.25, 0.3) is 0 Å². The van der Waals surface area contributed by atoms with E-state index in [9.17, 15) is 4.79 Å². The number of nitrogens with one attached hydrogen (secondary N) is 1. The Hall–Kier alpha value is -1.35. The van der Waals surface area contributed by atoms with Gasteiger partial charge in [-0.25, -0.2) is 0 Å². The summed E-state index contributed by atoms with van der Waals surface area (Å²) < 4.78 is 0. The number of likely N-dealkylation sites (N-methyl/N-ethyl adjacent to an activating group) is 1. The lowest BCUT2D eigenvalue weighted by atomic mass is 9.98. The van der Waals surface area contributed by atoms with Crippen LogP contribution in [-0.2, 0) is 4.79 Å². The average molecular weight is 260 g/mol. The van der Waals surface area contributed by atoms with Crippen LogP contribution in [0.15, 0.2) is 18.2 Å². The van der Waals surface area contributed by atoms with Crippen LogP contribution in [-0.4, -0.2) is 30.9 Å². The van der Waals surface area contributed by atoms with Gasteiger partial charge in [-0.2, -0.15) is 0 Å². The van der Waals surface area contributed by atoms with Gasteiger partial charge in [0.2, 0.25) is 5.91 Å². The quantitative estimate of drug-likeness (QED) is 0.902. The summed E-state index contributed by atoms with van der Waals surface area (Å²) in [6, 6.07) is 6.75. The zero-order chi connectivity index (χ0) is 13.8. The van der Waals surface area contributed by atoms with Gasteiger partial charge in [-0.1, -0.05) is 23.8 Å². The first-order valence-corrected chi connectivity index (χ1v) is 7.14. The second-order valence-corrected chi connectivity index (χ2v) is 5.50. The van der Waals surface area contributed by atoms with Crippen molar-refractivity contribution in [3.63, 3.8) is 0 Å². The van der Waals surface area contributed by atoms with Crippen molar-refractivity contribution in [1.29, 1.82) is 0 Å². The fraction of sp³-hybridized carbons (Fsp3) is 0.562. The molecule has 3 heteroatoms. The van der Waals surface area contributed by atoms with Gasteiger partial charge in [0.15, 0.2) is 0 Å². The number of hydrogen-bond acceptors (Lipinski definition) is 2. The highest BCUT2D eigenvalue weighted by atomic mass is 16.2. The van der Waals surface area contributed by atoms with Crippen LogP contribution in [0.25, 0.3) is 0 Å². The molecule has 1 aromatic rings. The minimum Gasteiger partial charge on any atom is -0.341 e. The molecule has 19 heavy (non-hydrogen) atoms. The Kier molecular flexibility index (Phi) is 4.59. The van der Waals surface area contributed by atoms with Crippen LogP contribution in [0.3, 0.4) is 0 Å². The second kappa shape index (κ2) is 6.20. The van der Waals surface area contributed by atoms with Crippen molar-refractivity contribution in [2.75, 3.05) is 20.1 Å². The molecule has 1 aliphatic heterocycles. The fourth-order valence-corrected chi connectivity index (χ4v) is 2.76. The van der Waals surface area contributed by atoms with Crippen LogP contribution in [0.5, 0.6) is 0 Å². The number of rotatable bonds is 4. The number of likely N-dealkylation sites (tertiary alicyclic amines) is 1. The third kappa shape index (κ3) is 3.35. The molecule has 0 saturated carbocycles. The van der Waals surface area contributed by atoms with E-state index in [2.05, 4.69) is 37.4 Å². The van der Waals surface area contributed by atoms with E-state index in [-0.39, 0.29) is 6.04 Å². The first kappa shape index (κ1) is 14.1. The number of carbonyl (C=O) groups excluding carboxylic acids is 1. The van der Waals surface area contributed by atoms with Crippen molar-refractivity contribution in [3.05, 3.63) is 34.9 Å². The van der Waals surface area contributed by atoms with Crippen molar-refractivity contribution >= 4 is 5.91 Å². The van der Waals surface area contributed by atoms with E-state index >= 15 is 0 Å². The molecule has 1 aromatic carbocycles. The van der Waals surface area contributed by atoms with E-state index in [1.807, 2.05) is 11.9 Å². The maximum atomic E-state index is 11.9. The molecule has 1 heterocycles. The van der Waals surface area contributed by atoms with Crippen LogP contribution >= 0.6 is 0 Å². The Morgan fingerprint density at radius 1 is 1.32 bits per heavy atom. The molecular weight excluding hydrogens is 236 g/mol. The lowest BCUT2D eigenvalue weighted by Gasteiger charge is -2.31. The van der Waals surface area contributed by atoms with Gasteiger partial charge in [-0.3, -0.25) is 4.79 Å². The van der Waals surface area contributed by atoms with Gasteiger partial charge in [-0.05, 0) is 44.9 Å². The van der Waals surface area contributed by atoms with Crippen LogP contribution < -0.4 is 5.32 Å². The summed E-state index contributed by atoms with van der Waals surface area (Å²) in [4.78, 5) is 13.9. The first-order valence-electron chi connectivity index (χ1n) is 7.14. The monoisotopic (exact) mass is 260 g/mol. The topological polar surface area (TPSA) is 32.3 Å². The predicted molar refractivity (Wildman–Crippen MR) is 78.1 cm³/mol. The number of amides is 1. The molecule has 104 valence electrons. The van der Waals surface area contributed by atoms with Gasteiger partial charge in [0.05, 0.1) is 0 Å². The highest BCUT2D eigenvalue weighted by molar-refractivity contribution is 5.76. The molecule has 1 saturated heterocycles. The molecule has 0 spiro atoms. The lowest BCUT2D eigenvalue weighted by Crippen LogP contribution is -2.41. The molecular formula is C16H24N2O. The maximum Gasteiger partial charge on any atom is 0.222 e. The van der Waals surface area contributed by atoms with Gasteiger partial charge in [0, 0.05) is 25.6 Å². The molecule has 1 amide bonds. The molecule has 0 aromatic heterocycles. The third-order valence-electron chi connectivity index (χ3n) is 3.98. The second-order valence-electron chi connectivity index (χ2n) is 5.50. The molecule has 1 atom stereocenters. The minimum absolute atomic E-state index is 0.224. The van der Waals surface area contributed by atoms with Gasteiger partial charge in [0.1, 0.15) is 0 Å². The molecule has 1 aliphatic rings. The van der Waals surface area contributed by atoms with Crippen molar-refractivity contribution in [2.24, 2.45) is 0 Å². The van der Waals surface area contributed by atoms with Crippen molar-refractivity contribution < 1.29 is 4.79 Å². The lowest BCUT2D eigenvalue weighted by molar-refractivity contribution is -0.133. The summed E-state index contributed by atoms with van der Waals surface area (Å²) in [6.07, 6.45) is 2.89. The van der Waals surface area contributed by atoms with Gasteiger partial charge in [-0.15, -0.1) is 0 Å². The van der Waals surface area contributed by atoms with Crippen LogP contribution in [0.2, 0.25) is 0 Å². The molecule has 1 fully saturated rings. The number of benzene rings is 1. The first-order chi connectivity index (χ1) is 9.11. The molecule has 1 N–H and O–H groups in total. The number of carbonyl (C=O) groups is 1. The molecule has 3 nitrogen and oxygen atoms in total. The minimum atomic E-state index is 0.224. The summed E-state index contributed by atoms with van der Waals surface area (Å²) >= 11 is 0. The molecule has 2 rings (SSSR count). The summed E-state index contributed by atoms with van der Waals surface area (Å²) in [7, 11) is 1.97. The molecule has 1 unspecified atom stereocenters. The summed E-state index contributed by atoms with van der Waals surface area (Å²) in [5.41, 5.74) is 3.86. The van der Waals surface area contributed by atoms with Crippen molar-refractivity contribution in [2.45, 2.75) is 39.2 Å². The maximum absolute atomic E-state index is 11.9. The third-order valence-corrected chi connectivity index (χ3v) is 3.98. The van der Waals surface area contributed by atoms with E-state index in [0.29, 0.717) is 12.3 Å². The Labute approximate surface area is 116 Å². The van der Waals surface area contributed by atoms with Crippen LogP contribution in [0, 0.1) is 13.8 Å². The molecule has 0 aliphatic carbocycles. The Morgan fingerprint density at radius 3 is 2.79 bits per heavy atom. The number of hydrogen-bond donors (Lipinski definition) is 1. The fourth-order valence-electron chi connectivity index (χ4n) is 2.76. The largest absolute Gasteiger partial charge is 0.341 e. The van der Waals surface area contributed by atoms with E-state index in [0.717, 1.165) is 25.9 Å². The standard InChI is InChI=1S/C16H24N2O/c1-12-7-8-13(2)14(10-12)15(17-3)11-18-9-5-4-6-16(18)19/h7-8,10,15,17H,4-6,9,11H2,1-3H3. The predicted octanol–water partition coefficient (Wildman–Crippen LogP) is 2.58. The van der Waals surface area contributed by atoms with E-state index in [4.69, 9.17) is 0 Å². The number of nitrogens with zero attached hydrogens (tertiary/aromatic N) is 1. The summed E-state index contributed by atoms with van der Waals surface area (Å²) in [6.45, 7) is 5.93. The zero-order valence-electron chi connectivity index (χ0n) is 12.2. The number of aryl methyl sites for hydroxylation is 2. The van der Waals surface area contributed by atoms with E-state index < -0.39 is 0 Å². The summed E-state index contributed by atoms with van der Waals surface area (Å²) in [5.74, 6) is 0.303. The Bertz CT molecular complexity index is 456. The molecule has 0 radical (unpaired) electrons. The summed E-state index contributed by atoms with van der Waals surface area (Å²) in [5, 5.41) is 3.36. The Morgan fingerprint density at radius 2 is 2.11 bits per heavy atom. The van der Waals surface area contributed by atoms with Gasteiger partial charge >= 0.3 is 0 Å². The van der Waals surface area contributed by atoms with Crippen LogP contribution in [0.1, 0.15) is 42.0 Å².